The number of aromatic carboxylic acids is 1. The summed E-state index contributed by atoms with van der Waals surface area (Å²) in [4.78, 5) is 45.5. The second kappa shape index (κ2) is 9.39. The van der Waals surface area contributed by atoms with Gasteiger partial charge in [0.1, 0.15) is 0 Å². The predicted octanol–water partition coefficient (Wildman–Crippen LogP) is 1.11. The molecule has 0 aliphatic rings. The predicted molar refractivity (Wildman–Crippen MR) is 98.9 cm³/mol. The molecule has 0 bridgehead atoms. The van der Waals surface area contributed by atoms with Gasteiger partial charge in [-0.25, -0.2) is 14.8 Å². The van der Waals surface area contributed by atoms with Gasteiger partial charge in [-0.15, -0.1) is 0 Å². The molecule has 0 aliphatic heterocycles. The van der Waals surface area contributed by atoms with Crippen molar-refractivity contribution in [1.29, 1.82) is 0 Å². The lowest BCUT2D eigenvalue weighted by atomic mass is 10.1. The third-order valence-corrected chi connectivity index (χ3v) is 3.60. The van der Waals surface area contributed by atoms with Crippen LogP contribution in [0.25, 0.3) is 0 Å². The number of anilines is 1. The lowest BCUT2D eigenvalue weighted by Crippen LogP contribution is -2.28. The highest BCUT2D eigenvalue weighted by Gasteiger charge is 2.21. The van der Waals surface area contributed by atoms with Crippen molar-refractivity contribution < 1.29 is 19.5 Å². The van der Waals surface area contributed by atoms with Crippen LogP contribution in [0.1, 0.15) is 37.8 Å². The maximum Gasteiger partial charge on any atom is 0.356 e. The Balaban J connectivity index is 2.13. The molecule has 1 aromatic heterocycles. The summed E-state index contributed by atoms with van der Waals surface area (Å²) in [5.41, 5.74) is -0.252. The summed E-state index contributed by atoms with van der Waals surface area (Å²) < 4.78 is 0. The molecular weight excluding hydrogens is 350 g/mol. The Morgan fingerprint density at radius 1 is 1.04 bits per heavy atom. The van der Waals surface area contributed by atoms with Crippen LogP contribution in [-0.4, -0.2) is 64.9 Å². The second-order valence-corrected chi connectivity index (χ2v) is 5.97. The molecule has 0 spiro atoms. The maximum atomic E-state index is 12.4. The van der Waals surface area contributed by atoms with E-state index in [-0.39, 0.29) is 22.9 Å². The fourth-order valence-corrected chi connectivity index (χ4v) is 2.32. The first kappa shape index (κ1) is 20.0. The first-order valence-corrected chi connectivity index (χ1v) is 8.27. The molecule has 9 nitrogen and oxygen atoms in total. The van der Waals surface area contributed by atoms with Crippen molar-refractivity contribution in [3.63, 3.8) is 0 Å². The van der Waals surface area contributed by atoms with E-state index in [9.17, 15) is 14.4 Å². The Bertz CT molecular complexity index is 838. The number of carbonyl (C=O) groups is 3. The van der Waals surface area contributed by atoms with Gasteiger partial charge in [0.15, 0.2) is 11.4 Å². The van der Waals surface area contributed by atoms with Crippen LogP contribution in [0.3, 0.4) is 0 Å². The van der Waals surface area contributed by atoms with Crippen molar-refractivity contribution in [1.82, 2.24) is 20.2 Å². The van der Waals surface area contributed by atoms with Crippen molar-refractivity contribution in [3.05, 3.63) is 53.6 Å². The van der Waals surface area contributed by atoms with Crippen molar-refractivity contribution in [2.24, 2.45) is 0 Å². The van der Waals surface area contributed by atoms with Crippen LogP contribution < -0.4 is 10.6 Å². The summed E-state index contributed by atoms with van der Waals surface area (Å²) in [6.45, 7) is 1.33. The number of carboxylic acids is 1. The highest BCUT2D eigenvalue weighted by atomic mass is 16.4. The molecule has 0 atom stereocenters. The van der Waals surface area contributed by atoms with Gasteiger partial charge in [-0.05, 0) is 39.2 Å². The van der Waals surface area contributed by atoms with Gasteiger partial charge in [-0.3, -0.25) is 9.59 Å². The average Bonchev–Trinajstić information content (AvgIpc) is 2.65. The number of amides is 2. The molecule has 0 radical (unpaired) electrons. The lowest BCUT2D eigenvalue weighted by Gasteiger charge is -2.13. The quantitative estimate of drug-likeness (QED) is 0.594. The Morgan fingerprint density at radius 3 is 2.37 bits per heavy atom. The van der Waals surface area contributed by atoms with Crippen LogP contribution in [0.5, 0.6) is 0 Å². The monoisotopic (exact) mass is 371 g/mol. The molecule has 9 heteroatoms. The van der Waals surface area contributed by atoms with Gasteiger partial charge in [0.05, 0.1) is 11.3 Å². The van der Waals surface area contributed by atoms with Crippen LogP contribution in [0, 0.1) is 0 Å². The molecule has 0 unspecified atom stereocenters. The minimum atomic E-state index is -1.36. The molecule has 2 rings (SSSR count). The number of nitrogens with zero attached hydrogens (tertiary/aromatic N) is 3. The number of benzene rings is 1. The van der Waals surface area contributed by atoms with Crippen LogP contribution in [0.4, 0.5) is 5.69 Å². The van der Waals surface area contributed by atoms with Gasteiger partial charge in [0.2, 0.25) is 0 Å². The maximum absolute atomic E-state index is 12.4. The first-order valence-electron chi connectivity index (χ1n) is 8.27. The van der Waals surface area contributed by atoms with E-state index >= 15 is 0 Å². The summed E-state index contributed by atoms with van der Waals surface area (Å²) in [5.74, 6) is -2.45. The van der Waals surface area contributed by atoms with Crippen molar-refractivity contribution in [2.45, 2.75) is 6.42 Å². The Labute approximate surface area is 156 Å². The molecule has 1 aromatic carbocycles. The lowest BCUT2D eigenvalue weighted by molar-refractivity contribution is 0.0684. The molecule has 27 heavy (non-hydrogen) atoms. The summed E-state index contributed by atoms with van der Waals surface area (Å²) in [5, 5.41) is 14.5. The minimum absolute atomic E-state index is 0.259. The molecular formula is C18H21N5O4. The summed E-state index contributed by atoms with van der Waals surface area (Å²) in [6.07, 6.45) is 3.20. The molecule has 0 aliphatic carbocycles. The zero-order valence-corrected chi connectivity index (χ0v) is 15.1. The van der Waals surface area contributed by atoms with Crippen LogP contribution in [-0.2, 0) is 0 Å². The number of carbonyl (C=O) groups excluding carboxylic acids is 2. The van der Waals surface area contributed by atoms with Crippen molar-refractivity contribution in [3.8, 4) is 0 Å². The number of nitrogens with one attached hydrogen (secondary N) is 2. The largest absolute Gasteiger partial charge is 0.476 e. The molecule has 142 valence electrons. The van der Waals surface area contributed by atoms with Gasteiger partial charge in [0.25, 0.3) is 11.8 Å². The second-order valence-electron chi connectivity index (χ2n) is 5.97. The minimum Gasteiger partial charge on any atom is -0.476 e. The summed E-state index contributed by atoms with van der Waals surface area (Å²) in [6, 6.07) is 6.47. The zero-order chi connectivity index (χ0) is 19.8. The van der Waals surface area contributed by atoms with Gasteiger partial charge >= 0.3 is 5.97 Å². The smallest absolute Gasteiger partial charge is 0.356 e. The summed E-state index contributed by atoms with van der Waals surface area (Å²) in [7, 11) is 3.90. The molecule has 3 N–H and O–H groups in total. The van der Waals surface area contributed by atoms with Gasteiger partial charge in [0, 0.05) is 18.9 Å². The molecule has 0 fully saturated rings. The fraction of sp³-hybridized carbons (Fsp3) is 0.278. The SMILES string of the molecule is CN(C)CCCNC(=O)c1ccccc1NC(=O)c1nccnc1C(=O)O. The zero-order valence-electron chi connectivity index (χ0n) is 15.1. The summed E-state index contributed by atoms with van der Waals surface area (Å²) >= 11 is 0. The van der Waals surface area contributed by atoms with Crippen LogP contribution in [0.15, 0.2) is 36.7 Å². The van der Waals surface area contributed by atoms with Gasteiger partial charge in [-0.1, -0.05) is 12.1 Å². The van der Waals surface area contributed by atoms with E-state index in [0.29, 0.717) is 6.54 Å². The molecule has 0 saturated carbocycles. The number of para-hydroxylation sites is 1. The first-order chi connectivity index (χ1) is 12.9. The fourth-order valence-electron chi connectivity index (χ4n) is 2.32. The topological polar surface area (TPSA) is 125 Å². The molecule has 2 aromatic rings. The normalized spacial score (nSPS) is 10.5. The van der Waals surface area contributed by atoms with E-state index in [0.717, 1.165) is 13.0 Å². The number of rotatable bonds is 8. The standard InChI is InChI=1S/C18H21N5O4/c1-23(2)11-5-8-21-16(24)12-6-3-4-7-13(12)22-17(25)14-15(18(26)27)20-10-9-19-14/h3-4,6-7,9-10H,5,8,11H2,1-2H3,(H,21,24)(H,22,25)(H,26,27). The van der Waals surface area contributed by atoms with Crippen molar-refractivity contribution in [2.75, 3.05) is 32.5 Å². The molecule has 0 saturated heterocycles. The third-order valence-electron chi connectivity index (χ3n) is 3.60. The Kier molecular flexibility index (Phi) is 6.95. The highest BCUT2D eigenvalue weighted by molar-refractivity contribution is 6.11. The van der Waals surface area contributed by atoms with E-state index in [1.165, 1.54) is 12.4 Å². The Hall–Kier alpha value is -3.33. The third kappa shape index (κ3) is 5.58. The molecule has 1 heterocycles. The van der Waals surface area contributed by atoms with Gasteiger partial charge in [-0.2, -0.15) is 0 Å². The average molecular weight is 371 g/mol. The number of hydrogen-bond acceptors (Lipinski definition) is 6. The van der Waals surface area contributed by atoms with E-state index < -0.39 is 17.6 Å². The van der Waals surface area contributed by atoms with E-state index in [1.807, 2.05) is 19.0 Å². The number of hydrogen-bond donors (Lipinski definition) is 3. The van der Waals surface area contributed by atoms with E-state index in [4.69, 9.17) is 5.11 Å². The van der Waals surface area contributed by atoms with E-state index in [2.05, 4.69) is 20.6 Å². The van der Waals surface area contributed by atoms with Crippen LogP contribution in [0.2, 0.25) is 0 Å². The Morgan fingerprint density at radius 2 is 1.70 bits per heavy atom. The van der Waals surface area contributed by atoms with Gasteiger partial charge < -0.3 is 20.6 Å². The molecule has 2 amide bonds. The highest BCUT2D eigenvalue weighted by Crippen LogP contribution is 2.16. The van der Waals surface area contributed by atoms with E-state index in [1.54, 1.807) is 24.3 Å². The number of carboxylic acid groups (broad SMARTS) is 1. The van der Waals surface area contributed by atoms with Crippen LogP contribution >= 0.6 is 0 Å². The van der Waals surface area contributed by atoms with Crippen molar-refractivity contribution >= 4 is 23.5 Å². The number of aromatic nitrogens is 2.